The number of amides is 2. The van der Waals surface area contributed by atoms with Crippen LogP contribution < -0.4 is 19.7 Å². The van der Waals surface area contributed by atoms with Gasteiger partial charge in [-0.25, -0.2) is 0 Å². The van der Waals surface area contributed by atoms with E-state index in [4.69, 9.17) is 9.47 Å². The Morgan fingerprint density at radius 1 is 0.931 bits per heavy atom. The van der Waals surface area contributed by atoms with E-state index in [9.17, 15) is 9.59 Å². The normalized spacial score (nSPS) is 14.9. The van der Waals surface area contributed by atoms with Gasteiger partial charge in [0.15, 0.2) is 11.5 Å². The van der Waals surface area contributed by atoms with E-state index in [1.54, 1.807) is 31.3 Å². The van der Waals surface area contributed by atoms with Crippen LogP contribution in [0.4, 0.5) is 5.69 Å². The van der Waals surface area contributed by atoms with E-state index in [1.807, 2.05) is 31.2 Å². The Bertz CT molecular complexity index is 848. The minimum absolute atomic E-state index is 0.336. The van der Waals surface area contributed by atoms with Gasteiger partial charge in [-0.2, -0.15) is 0 Å². The molecule has 0 aliphatic carbocycles. The molecule has 1 aliphatic rings. The molecule has 7 heteroatoms. The fraction of sp³-hybridized carbons (Fsp3) is 0.364. The molecule has 29 heavy (non-hydrogen) atoms. The zero-order chi connectivity index (χ0) is 20.8. The summed E-state index contributed by atoms with van der Waals surface area (Å²) in [5.74, 6) is 0.0992. The van der Waals surface area contributed by atoms with Gasteiger partial charge in [0, 0.05) is 31.9 Å². The second kappa shape index (κ2) is 9.32. The summed E-state index contributed by atoms with van der Waals surface area (Å²) in [6.07, 6.45) is 0. The summed E-state index contributed by atoms with van der Waals surface area (Å²) in [7, 11) is 3.13. The monoisotopic (exact) mass is 397 g/mol. The van der Waals surface area contributed by atoms with E-state index in [1.165, 1.54) is 0 Å². The van der Waals surface area contributed by atoms with E-state index in [0.717, 1.165) is 11.3 Å². The van der Waals surface area contributed by atoms with Crippen LogP contribution in [0.5, 0.6) is 11.5 Å². The SMILES string of the molecule is COc1ccc(C(C)NC(=O)C(=O)N2CCN(c3ccccc3)CC2)cc1OC. The summed E-state index contributed by atoms with van der Waals surface area (Å²) >= 11 is 0. The van der Waals surface area contributed by atoms with E-state index < -0.39 is 11.8 Å². The predicted molar refractivity (Wildman–Crippen MR) is 111 cm³/mol. The molecule has 1 N–H and O–H groups in total. The van der Waals surface area contributed by atoms with Crippen molar-refractivity contribution in [3.05, 3.63) is 54.1 Å². The third-order valence-corrected chi connectivity index (χ3v) is 5.14. The lowest BCUT2D eigenvalue weighted by molar-refractivity contribution is -0.146. The summed E-state index contributed by atoms with van der Waals surface area (Å²) in [5.41, 5.74) is 1.96. The smallest absolute Gasteiger partial charge is 0.312 e. The maximum atomic E-state index is 12.6. The van der Waals surface area contributed by atoms with Gasteiger partial charge < -0.3 is 24.6 Å². The number of benzene rings is 2. The molecule has 0 radical (unpaired) electrons. The molecule has 1 heterocycles. The molecular formula is C22H27N3O4. The van der Waals surface area contributed by atoms with Gasteiger partial charge in [0.1, 0.15) is 0 Å². The summed E-state index contributed by atoms with van der Waals surface area (Å²) < 4.78 is 10.5. The Morgan fingerprint density at radius 2 is 1.59 bits per heavy atom. The topological polar surface area (TPSA) is 71.1 Å². The zero-order valence-corrected chi connectivity index (χ0v) is 17.1. The van der Waals surface area contributed by atoms with Crippen molar-refractivity contribution in [3.63, 3.8) is 0 Å². The summed E-state index contributed by atoms with van der Waals surface area (Å²) in [6.45, 7) is 4.28. The Morgan fingerprint density at radius 3 is 2.21 bits per heavy atom. The largest absolute Gasteiger partial charge is 0.493 e. The van der Waals surface area contributed by atoms with Gasteiger partial charge in [-0.05, 0) is 36.8 Å². The first-order valence-corrected chi connectivity index (χ1v) is 9.65. The highest BCUT2D eigenvalue weighted by molar-refractivity contribution is 6.35. The molecule has 1 fully saturated rings. The number of piperazine rings is 1. The first kappa shape index (κ1) is 20.5. The van der Waals surface area contributed by atoms with E-state index in [-0.39, 0.29) is 6.04 Å². The number of anilines is 1. The van der Waals surface area contributed by atoms with Gasteiger partial charge >= 0.3 is 11.8 Å². The van der Waals surface area contributed by atoms with E-state index in [2.05, 4.69) is 22.3 Å². The molecule has 2 aromatic rings. The lowest BCUT2D eigenvalue weighted by Crippen LogP contribution is -2.52. The fourth-order valence-electron chi connectivity index (χ4n) is 3.41. The molecule has 154 valence electrons. The van der Waals surface area contributed by atoms with Crippen LogP contribution in [-0.4, -0.2) is 57.1 Å². The Balaban J connectivity index is 1.56. The van der Waals surface area contributed by atoms with Crippen molar-refractivity contribution >= 4 is 17.5 Å². The zero-order valence-electron chi connectivity index (χ0n) is 17.1. The Hall–Kier alpha value is -3.22. The third kappa shape index (κ3) is 4.80. The molecule has 3 rings (SSSR count). The number of para-hydroxylation sites is 1. The number of rotatable bonds is 5. The first-order valence-electron chi connectivity index (χ1n) is 9.65. The number of hydrogen-bond donors (Lipinski definition) is 1. The molecule has 1 saturated heterocycles. The molecule has 1 unspecified atom stereocenters. The molecule has 0 saturated carbocycles. The lowest BCUT2D eigenvalue weighted by atomic mass is 10.1. The number of nitrogens with one attached hydrogen (secondary N) is 1. The standard InChI is InChI=1S/C22H27N3O4/c1-16(17-9-10-19(28-2)20(15-17)29-3)23-21(26)22(27)25-13-11-24(12-14-25)18-7-5-4-6-8-18/h4-10,15-16H,11-14H2,1-3H3,(H,23,26). The second-order valence-corrected chi connectivity index (χ2v) is 6.92. The highest BCUT2D eigenvalue weighted by atomic mass is 16.5. The van der Waals surface area contributed by atoms with Crippen LogP contribution in [-0.2, 0) is 9.59 Å². The van der Waals surface area contributed by atoms with E-state index >= 15 is 0 Å². The highest BCUT2D eigenvalue weighted by Gasteiger charge is 2.27. The van der Waals surface area contributed by atoms with Crippen molar-refractivity contribution in [1.29, 1.82) is 0 Å². The van der Waals surface area contributed by atoms with Crippen LogP contribution in [0.3, 0.4) is 0 Å². The van der Waals surface area contributed by atoms with Gasteiger partial charge in [0.05, 0.1) is 20.3 Å². The van der Waals surface area contributed by atoms with Crippen LogP contribution in [0, 0.1) is 0 Å². The molecule has 2 aromatic carbocycles. The van der Waals surface area contributed by atoms with Crippen molar-refractivity contribution in [2.24, 2.45) is 0 Å². The maximum Gasteiger partial charge on any atom is 0.312 e. The number of ether oxygens (including phenoxy) is 2. The Labute approximate surface area is 171 Å². The minimum atomic E-state index is -0.597. The summed E-state index contributed by atoms with van der Waals surface area (Å²) in [5, 5.41) is 2.78. The fourth-order valence-corrected chi connectivity index (χ4v) is 3.41. The number of hydrogen-bond acceptors (Lipinski definition) is 5. The van der Waals surface area contributed by atoms with Gasteiger partial charge in [-0.15, -0.1) is 0 Å². The molecule has 7 nitrogen and oxygen atoms in total. The summed E-state index contributed by atoms with van der Waals surface area (Å²) in [4.78, 5) is 28.9. The van der Waals surface area contributed by atoms with Crippen LogP contribution in [0.1, 0.15) is 18.5 Å². The maximum absolute atomic E-state index is 12.6. The molecule has 0 spiro atoms. The quantitative estimate of drug-likeness (QED) is 0.784. The van der Waals surface area contributed by atoms with Gasteiger partial charge in [-0.1, -0.05) is 24.3 Å². The molecule has 1 atom stereocenters. The number of carbonyl (C=O) groups excluding carboxylic acids is 2. The predicted octanol–water partition coefficient (Wildman–Crippen LogP) is 2.23. The molecular weight excluding hydrogens is 370 g/mol. The lowest BCUT2D eigenvalue weighted by Gasteiger charge is -2.35. The first-order chi connectivity index (χ1) is 14.0. The van der Waals surface area contributed by atoms with E-state index in [0.29, 0.717) is 37.7 Å². The van der Waals surface area contributed by atoms with Gasteiger partial charge in [0.2, 0.25) is 0 Å². The molecule has 1 aliphatic heterocycles. The molecule has 2 amide bonds. The number of methoxy groups -OCH3 is 2. The third-order valence-electron chi connectivity index (χ3n) is 5.14. The minimum Gasteiger partial charge on any atom is -0.493 e. The second-order valence-electron chi connectivity index (χ2n) is 6.92. The van der Waals surface area contributed by atoms with Crippen LogP contribution in [0.15, 0.2) is 48.5 Å². The van der Waals surface area contributed by atoms with Crippen molar-refractivity contribution < 1.29 is 19.1 Å². The average Bonchev–Trinajstić information content (AvgIpc) is 2.78. The van der Waals surface area contributed by atoms with Crippen molar-refractivity contribution in [3.8, 4) is 11.5 Å². The molecule has 0 bridgehead atoms. The van der Waals surface area contributed by atoms with Crippen LogP contribution in [0.2, 0.25) is 0 Å². The Kier molecular flexibility index (Phi) is 6.59. The van der Waals surface area contributed by atoms with Gasteiger partial charge in [0.25, 0.3) is 0 Å². The number of nitrogens with zero attached hydrogens (tertiary/aromatic N) is 2. The van der Waals surface area contributed by atoms with Crippen molar-refractivity contribution in [1.82, 2.24) is 10.2 Å². The molecule has 0 aromatic heterocycles. The van der Waals surface area contributed by atoms with Crippen molar-refractivity contribution in [2.45, 2.75) is 13.0 Å². The highest BCUT2D eigenvalue weighted by Crippen LogP contribution is 2.29. The van der Waals surface area contributed by atoms with Crippen LogP contribution in [0.25, 0.3) is 0 Å². The average molecular weight is 397 g/mol. The van der Waals surface area contributed by atoms with Gasteiger partial charge in [-0.3, -0.25) is 9.59 Å². The summed E-state index contributed by atoms with van der Waals surface area (Å²) in [6, 6.07) is 15.2. The number of carbonyl (C=O) groups is 2. The van der Waals surface area contributed by atoms with Crippen LogP contribution >= 0.6 is 0 Å². The van der Waals surface area contributed by atoms with Crippen molar-refractivity contribution in [2.75, 3.05) is 45.3 Å².